The fourth-order valence-electron chi connectivity index (χ4n) is 2.90. The van der Waals surface area contributed by atoms with Crippen molar-refractivity contribution in [3.8, 4) is 11.5 Å². The topological polar surface area (TPSA) is 84.0 Å². The maximum atomic E-state index is 12.1. The third kappa shape index (κ3) is 5.88. The molecule has 1 aliphatic heterocycles. The molecule has 1 heterocycles. The van der Waals surface area contributed by atoms with Crippen LogP contribution in [0, 0.1) is 0 Å². The lowest BCUT2D eigenvalue weighted by Gasteiger charge is -2.12. The lowest BCUT2D eigenvalue weighted by Crippen LogP contribution is -2.36. The van der Waals surface area contributed by atoms with Gasteiger partial charge in [-0.05, 0) is 48.7 Å². The Kier molecular flexibility index (Phi) is 7.33. The zero-order valence-electron chi connectivity index (χ0n) is 17.0. The van der Waals surface area contributed by atoms with Crippen molar-refractivity contribution in [1.29, 1.82) is 0 Å². The Hall–Kier alpha value is -3.22. The number of nitrogens with zero attached hydrogens (tertiary/aromatic N) is 1. The number of hydrogen-bond acceptors (Lipinski definition) is 4. The summed E-state index contributed by atoms with van der Waals surface area (Å²) in [5, 5.41) is 9.47. The Balaban J connectivity index is 1.61. The van der Waals surface area contributed by atoms with E-state index in [-0.39, 0.29) is 12.7 Å². The number of nitrogens with one attached hydrogen (secondary N) is 3. The largest absolute Gasteiger partial charge is 0.454 e. The number of rotatable bonds is 8. The average molecular weight is 396 g/mol. The predicted octanol–water partition coefficient (Wildman–Crippen LogP) is 2.81. The molecule has 154 valence electrons. The number of carbonyl (C=O) groups is 1. The molecule has 3 rings (SSSR count). The Morgan fingerprint density at radius 3 is 2.69 bits per heavy atom. The number of aliphatic imine (C=N–C) groups is 1. The molecule has 0 saturated carbocycles. The van der Waals surface area contributed by atoms with E-state index >= 15 is 0 Å². The summed E-state index contributed by atoms with van der Waals surface area (Å²) in [5.74, 6) is 2.21. The van der Waals surface area contributed by atoms with Gasteiger partial charge in [-0.3, -0.25) is 4.79 Å². The Labute approximate surface area is 171 Å². The minimum Gasteiger partial charge on any atom is -0.454 e. The van der Waals surface area contributed by atoms with Crippen molar-refractivity contribution in [3.05, 3.63) is 59.2 Å². The van der Waals surface area contributed by atoms with Gasteiger partial charge in [0, 0.05) is 25.2 Å². The van der Waals surface area contributed by atoms with Gasteiger partial charge in [0.05, 0.1) is 6.54 Å². The number of amides is 1. The average Bonchev–Trinajstić information content (AvgIpc) is 3.22. The second-order valence-corrected chi connectivity index (χ2v) is 6.69. The van der Waals surface area contributed by atoms with E-state index in [1.54, 1.807) is 0 Å². The van der Waals surface area contributed by atoms with Gasteiger partial charge in [0.1, 0.15) is 0 Å². The third-order valence-corrected chi connectivity index (χ3v) is 4.39. The number of guanidine groups is 1. The minimum atomic E-state index is -0.0504. The van der Waals surface area contributed by atoms with Crippen molar-refractivity contribution in [2.45, 2.75) is 33.4 Å². The Bertz CT molecular complexity index is 867. The molecule has 0 radical (unpaired) electrons. The van der Waals surface area contributed by atoms with Gasteiger partial charge in [0.15, 0.2) is 17.5 Å². The van der Waals surface area contributed by atoms with Crippen molar-refractivity contribution >= 4 is 11.9 Å². The normalized spacial score (nSPS) is 12.6. The first-order chi connectivity index (χ1) is 14.2. The second-order valence-electron chi connectivity index (χ2n) is 6.69. The van der Waals surface area contributed by atoms with Crippen molar-refractivity contribution < 1.29 is 14.3 Å². The van der Waals surface area contributed by atoms with Crippen LogP contribution in [0.4, 0.5) is 0 Å². The first-order valence-corrected chi connectivity index (χ1v) is 9.97. The highest BCUT2D eigenvalue weighted by atomic mass is 16.7. The number of benzene rings is 2. The van der Waals surface area contributed by atoms with Gasteiger partial charge < -0.3 is 25.4 Å². The maximum Gasteiger partial charge on any atom is 0.251 e. The molecule has 7 heteroatoms. The van der Waals surface area contributed by atoms with Crippen LogP contribution in [0.1, 0.15) is 41.8 Å². The number of carbonyl (C=O) groups excluding carboxylic acids is 1. The van der Waals surface area contributed by atoms with E-state index < -0.39 is 0 Å². The molecular formula is C22H28N4O3. The lowest BCUT2D eigenvalue weighted by atomic mass is 10.1. The molecule has 29 heavy (non-hydrogen) atoms. The number of hydrogen-bond donors (Lipinski definition) is 3. The van der Waals surface area contributed by atoms with Gasteiger partial charge in [0.2, 0.25) is 6.79 Å². The monoisotopic (exact) mass is 396 g/mol. The van der Waals surface area contributed by atoms with Crippen molar-refractivity contribution in [3.63, 3.8) is 0 Å². The van der Waals surface area contributed by atoms with E-state index in [9.17, 15) is 4.79 Å². The van der Waals surface area contributed by atoms with Gasteiger partial charge in [0.25, 0.3) is 5.91 Å². The molecule has 0 aliphatic carbocycles. The van der Waals surface area contributed by atoms with Crippen LogP contribution in [0.15, 0.2) is 47.5 Å². The molecule has 0 spiro atoms. The molecule has 0 fully saturated rings. The van der Waals surface area contributed by atoms with E-state index in [4.69, 9.17) is 9.47 Å². The highest BCUT2D eigenvalue weighted by molar-refractivity contribution is 5.94. The standard InChI is InChI=1S/C22H28N4O3/c1-3-10-24-21(27)18-7-5-6-16(11-18)13-25-22(23-4-2)26-14-17-8-9-19-20(12-17)29-15-28-19/h5-9,11-12H,3-4,10,13-15H2,1-2H3,(H,24,27)(H2,23,25,26). The summed E-state index contributed by atoms with van der Waals surface area (Å²) in [5.41, 5.74) is 2.72. The van der Waals surface area contributed by atoms with E-state index in [2.05, 4.69) is 20.9 Å². The molecule has 7 nitrogen and oxygen atoms in total. The van der Waals surface area contributed by atoms with Crippen LogP contribution < -0.4 is 25.4 Å². The smallest absolute Gasteiger partial charge is 0.251 e. The summed E-state index contributed by atoms with van der Waals surface area (Å²) in [6, 6.07) is 13.5. The highest BCUT2D eigenvalue weighted by Crippen LogP contribution is 2.32. The Morgan fingerprint density at radius 1 is 1.00 bits per heavy atom. The van der Waals surface area contributed by atoms with E-state index in [1.807, 2.05) is 56.3 Å². The first kappa shape index (κ1) is 20.5. The third-order valence-electron chi connectivity index (χ3n) is 4.39. The summed E-state index contributed by atoms with van der Waals surface area (Å²) in [7, 11) is 0. The Morgan fingerprint density at radius 2 is 1.86 bits per heavy atom. The molecular weight excluding hydrogens is 368 g/mol. The molecule has 3 N–H and O–H groups in total. The van der Waals surface area contributed by atoms with Crippen molar-refractivity contribution in [2.24, 2.45) is 4.99 Å². The molecule has 1 aliphatic rings. The predicted molar refractivity (Wildman–Crippen MR) is 113 cm³/mol. The molecule has 0 aromatic heterocycles. The fourth-order valence-corrected chi connectivity index (χ4v) is 2.90. The fraction of sp³-hybridized carbons (Fsp3) is 0.364. The van der Waals surface area contributed by atoms with Crippen LogP contribution in [-0.4, -0.2) is 31.7 Å². The summed E-state index contributed by atoms with van der Waals surface area (Å²) in [4.78, 5) is 16.8. The molecule has 0 unspecified atom stereocenters. The van der Waals surface area contributed by atoms with Crippen LogP contribution >= 0.6 is 0 Å². The zero-order chi connectivity index (χ0) is 20.5. The minimum absolute atomic E-state index is 0.0504. The van der Waals surface area contributed by atoms with E-state index in [0.29, 0.717) is 31.2 Å². The summed E-state index contributed by atoms with van der Waals surface area (Å²) < 4.78 is 10.8. The SMILES string of the molecule is CCCNC(=O)c1cccc(CN=C(NCC)NCc2ccc3c(c2)OCO3)c1. The lowest BCUT2D eigenvalue weighted by molar-refractivity contribution is 0.0953. The quantitative estimate of drug-likeness (QED) is 0.472. The zero-order valence-corrected chi connectivity index (χ0v) is 17.0. The summed E-state index contributed by atoms with van der Waals surface area (Å²) in [6.07, 6.45) is 0.914. The highest BCUT2D eigenvalue weighted by Gasteiger charge is 2.13. The van der Waals surface area contributed by atoms with E-state index in [0.717, 1.165) is 35.6 Å². The van der Waals surface area contributed by atoms with Crippen molar-refractivity contribution in [2.75, 3.05) is 19.9 Å². The van der Waals surface area contributed by atoms with Gasteiger partial charge in [-0.25, -0.2) is 4.99 Å². The van der Waals surface area contributed by atoms with Crippen LogP contribution in [0.2, 0.25) is 0 Å². The van der Waals surface area contributed by atoms with Crippen LogP contribution in [0.25, 0.3) is 0 Å². The van der Waals surface area contributed by atoms with Crippen LogP contribution in [0.3, 0.4) is 0 Å². The van der Waals surface area contributed by atoms with Gasteiger partial charge in [-0.2, -0.15) is 0 Å². The maximum absolute atomic E-state index is 12.1. The molecule has 2 aromatic rings. The van der Waals surface area contributed by atoms with Gasteiger partial charge >= 0.3 is 0 Å². The molecule has 1 amide bonds. The van der Waals surface area contributed by atoms with E-state index in [1.165, 1.54) is 0 Å². The van der Waals surface area contributed by atoms with Gasteiger partial charge in [-0.15, -0.1) is 0 Å². The summed E-state index contributed by atoms with van der Waals surface area (Å²) in [6.45, 7) is 6.85. The molecule has 0 saturated heterocycles. The molecule has 0 bridgehead atoms. The van der Waals surface area contributed by atoms with Crippen LogP contribution in [-0.2, 0) is 13.1 Å². The molecule has 2 aromatic carbocycles. The number of ether oxygens (including phenoxy) is 2. The van der Waals surface area contributed by atoms with Crippen LogP contribution in [0.5, 0.6) is 11.5 Å². The van der Waals surface area contributed by atoms with Crippen molar-refractivity contribution in [1.82, 2.24) is 16.0 Å². The first-order valence-electron chi connectivity index (χ1n) is 9.97. The summed E-state index contributed by atoms with van der Waals surface area (Å²) >= 11 is 0. The number of fused-ring (bicyclic) bond motifs is 1. The molecule has 0 atom stereocenters. The second kappa shape index (κ2) is 10.4. The van der Waals surface area contributed by atoms with Gasteiger partial charge in [-0.1, -0.05) is 25.1 Å².